The number of rotatable bonds is 9. The smallest absolute Gasteiger partial charge is 0.126 e. The predicted molar refractivity (Wildman–Crippen MR) is 178 cm³/mol. The molecule has 0 saturated heterocycles. The third-order valence-electron chi connectivity index (χ3n) is 7.36. The Hall–Kier alpha value is -2.49. The molecule has 0 radical (unpaired) electrons. The standard InChI is InChI=1S/C29H41FN2.2C2H6.CH2O.2CH4/c1-5-9-26-19-27(16-17-28(26)30)29(31)32-21(4)25-15-14-24(22(6-2)18-25)13-12-23-11-8-7-10-20(23)3;3*1-2;;/h14-21,23H,5-13H2,1-4H3,(H2,31,32);2*1-2H3;1H2;2*1H4. The number of benzene rings is 2. The Bertz CT molecular complexity index is 940. The molecule has 1 aliphatic carbocycles. The van der Waals surface area contributed by atoms with E-state index in [1.165, 1.54) is 61.3 Å². The number of halogens is 1. The number of nitrogens with zero attached hydrogens (tertiary/aromatic N) is 1. The summed E-state index contributed by atoms with van der Waals surface area (Å²) in [7, 11) is 0. The summed E-state index contributed by atoms with van der Waals surface area (Å²) < 4.78 is 14.0. The van der Waals surface area contributed by atoms with Gasteiger partial charge in [0.05, 0.1) is 6.04 Å². The highest BCUT2D eigenvalue weighted by Gasteiger charge is 2.21. The van der Waals surface area contributed by atoms with Gasteiger partial charge in [-0.3, -0.25) is 4.99 Å². The quantitative estimate of drug-likeness (QED) is 0.246. The van der Waals surface area contributed by atoms with Gasteiger partial charge in [0.15, 0.2) is 0 Å². The minimum atomic E-state index is -0.165. The molecule has 0 amide bonds. The van der Waals surface area contributed by atoms with E-state index >= 15 is 0 Å². The van der Waals surface area contributed by atoms with E-state index < -0.39 is 0 Å². The number of aliphatic imine (C=N–C) groups is 1. The van der Waals surface area contributed by atoms with Gasteiger partial charge in [-0.1, -0.05) is 114 Å². The number of hydrogen-bond donors (Lipinski definition) is 1. The van der Waals surface area contributed by atoms with Crippen LogP contribution < -0.4 is 5.73 Å². The van der Waals surface area contributed by atoms with Crippen molar-refractivity contribution in [2.75, 3.05) is 0 Å². The summed E-state index contributed by atoms with van der Waals surface area (Å²) in [5, 5.41) is 0. The van der Waals surface area contributed by atoms with Gasteiger partial charge in [0.1, 0.15) is 18.4 Å². The monoisotopic (exact) mass is 558 g/mol. The van der Waals surface area contributed by atoms with Crippen LogP contribution in [0.1, 0.15) is 143 Å². The number of amidine groups is 1. The normalized spacial score (nSPS) is 16.7. The molecule has 0 aliphatic heterocycles. The summed E-state index contributed by atoms with van der Waals surface area (Å²) in [4.78, 5) is 12.8. The Morgan fingerprint density at radius 3 is 2.15 bits per heavy atom. The Kier molecular flexibility index (Phi) is 25.5. The minimum absolute atomic E-state index is 0. The summed E-state index contributed by atoms with van der Waals surface area (Å²) in [6.45, 7) is 18.8. The molecule has 0 bridgehead atoms. The van der Waals surface area contributed by atoms with Gasteiger partial charge in [-0.05, 0) is 84.9 Å². The van der Waals surface area contributed by atoms with Crippen LogP contribution in [0.3, 0.4) is 0 Å². The summed E-state index contributed by atoms with van der Waals surface area (Å²) in [5.74, 6) is 2.06. The number of aryl methyl sites for hydroxylation is 3. The molecule has 2 aromatic carbocycles. The van der Waals surface area contributed by atoms with Crippen molar-refractivity contribution >= 4 is 12.6 Å². The van der Waals surface area contributed by atoms with E-state index in [4.69, 9.17) is 15.5 Å². The van der Waals surface area contributed by atoms with Crippen molar-refractivity contribution < 1.29 is 9.18 Å². The van der Waals surface area contributed by atoms with Crippen molar-refractivity contribution in [2.24, 2.45) is 22.6 Å². The van der Waals surface area contributed by atoms with Gasteiger partial charge in [0, 0.05) is 5.56 Å². The van der Waals surface area contributed by atoms with E-state index in [-0.39, 0.29) is 26.7 Å². The molecule has 0 heterocycles. The lowest BCUT2D eigenvalue weighted by Gasteiger charge is -2.29. The molecule has 230 valence electrons. The lowest BCUT2D eigenvalue weighted by molar-refractivity contribution is -0.0980. The fourth-order valence-electron chi connectivity index (χ4n) is 5.19. The van der Waals surface area contributed by atoms with Gasteiger partial charge in [0.2, 0.25) is 0 Å². The molecule has 0 aromatic heterocycles. The third kappa shape index (κ3) is 13.2. The molecule has 3 unspecified atom stereocenters. The first-order valence-corrected chi connectivity index (χ1v) is 15.0. The van der Waals surface area contributed by atoms with Crippen LogP contribution in [0.15, 0.2) is 41.4 Å². The molecule has 40 heavy (non-hydrogen) atoms. The van der Waals surface area contributed by atoms with E-state index in [0.717, 1.165) is 30.2 Å². The summed E-state index contributed by atoms with van der Waals surface area (Å²) in [5.41, 5.74) is 11.9. The van der Waals surface area contributed by atoms with Crippen LogP contribution in [0.25, 0.3) is 0 Å². The fraction of sp³-hybridized carbons (Fsp3) is 0.611. The van der Waals surface area contributed by atoms with Crippen LogP contribution >= 0.6 is 0 Å². The zero-order valence-electron chi connectivity index (χ0n) is 25.6. The van der Waals surface area contributed by atoms with Crippen LogP contribution in [-0.2, 0) is 24.1 Å². The number of hydrogen-bond acceptors (Lipinski definition) is 2. The van der Waals surface area contributed by atoms with E-state index in [1.807, 2.05) is 40.6 Å². The van der Waals surface area contributed by atoms with Crippen molar-refractivity contribution in [3.05, 3.63) is 70.0 Å². The van der Waals surface area contributed by atoms with Gasteiger partial charge >= 0.3 is 0 Å². The second-order valence-corrected chi connectivity index (χ2v) is 9.69. The maximum absolute atomic E-state index is 14.0. The number of carbonyl (C=O) groups is 1. The maximum atomic E-state index is 14.0. The lowest BCUT2D eigenvalue weighted by atomic mass is 9.77. The fourth-order valence-corrected chi connectivity index (χ4v) is 5.19. The number of nitrogens with two attached hydrogens (primary N) is 1. The zero-order valence-corrected chi connectivity index (χ0v) is 25.6. The highest BCUT2D eigenvalue weighted by atomic mass is 19.1. The molecule has 0 spiro atoms. The highest BCUT2D eigenvalue weighted by molar-refractivity contribution is 5.97. The van der Waals surface area contributed by atoms with E-state index in [9.17, 15) is 4.39 Å². The molecule has 1 saturated carbocycles. The van der Waals surface area contributed by atoms with Crippen molar-refractivity contribution in [2.45, 2.75) is 134 Å². The average Bonchev–Trinajstić information content (AvgIpc) is 2.97. The molecule has 3 atom stereocenters. The predicted octanol–water partition coefficient (Wildman–Crippen LogP) is 10.7. The molecule has 3 rings (SSSR count). The van der Waals surface area contributed by atoms with E-state index in [1.54, 1.807) is 6.07 Å². The van der Waals surface area contributed by atoms with Gasteiger partial charge in [0.25, 0.3) is 0 Å². The largest absolute Gasteiger partial charge is 0.383 e. The Balaban J connectivity index is -0.00000160. The van der Waals surface area contributed by atoms with Gasteiger partial charge < -0.3 is 10.5 Å². The first-order valence-electron chi connectivity index (χ1n) is 15.0. The van der Waals surface area contributed by atoms with Crippen LogP contribution in [0, 0.1) is 17.7 Å². The Morgan fingerprint density at radius 1 is 0.950 bits per heavy atom. The van der Waals surface area contributed by atoms with E-state index in [2.05, 4.69) is 45.9 Å². The third-order valence-corrected chi connectivity index (χ3v) is 7.36. The maximum Gasteiger partial charge on any atom is 0.126 e. The summed E-state index contributed by atoms with van der Waals surface area (Å²) >= 11 is 0. The van der Waals surface area contributed by atoms with Gasteiger partial charge in [-0.25, -0.2) is 4.39 Å². The summed E-state index contributed by atoms with van der Waals surface area (Å²) in [6.07, 6.45) is 10.7. The highest BCUT2D eigenvalue weighted by Crippen LogP contribution is 2.33. The van der Waals surface area contributed by atoms with Crippen molar-refractivity contribution in [3.8, 4) is 0 Å². The van der Waals surface area contributed by atoms with E-state index in [0.29, 0.717) is 17.8 Å². The Labute approximate surface area is 248 Å². The molecule has 1 fully saturated rings. The molecule has 1 aliphatic rings. The van der Waals surface area contributed by atoms with Crippen LogP contribution in [0.4, 0.5) is 4.39 Å². The Morgan fingerprint density at radius 2 is 1.57 bits per heavy atom. The molecule has 2 N–H and O–H groups in total. The number of carbonyl (C=O) groups excluding carboxylic acids is 1. The molecule has 4 heteroatoms. The zero-order chi connectivity index (χ0) is 29.1. The topological polar surface area (TPSA) is 55.5 Å². The van der Waals surface area contributed by atoms with Crippen LogP contribution in [-0.4, -0.2) is 12.6 Å². The van der Waals surface area contributed by atoms with Crippen molar-refractivity contribution in [1.29, 1.82) is 0 Å². The van der Waals surface area contributed by atoms with Crippen LogP contribution in [0.5, 0.6) is 0 Å². The van der Waals surface area contributed by atoms with Crippen LogP contribution in [0.2, 0.25) is 0 Å². The molecular weight excluding hydrogens is 495 g/mol. The van der Waals surface area contributed by atoms with Gasteiger partial charge in [-0.15, -0.1) is 0 Å². The average molecular weight is 559 g/mol. The molecular formula is C36H63FN2O. The molecule has 3 nitrogen and oxygen atoms in total. The lowest BCUT2D eigenvalue weighted by Crippen LogP contribution is -2.17. The van der Waals surface area contributed by atoms with Crippen molar-refractivity contribution in [1.82, 2.24) is 0 Å². The van der Waals surface area contributed by atoms with Gasteiger partial charge in [-0.2, -0.15) is 0 Å². The second kappa shape index (κ2) is 24.3. The van der Waals surface area contributed by atoms with Crippen molar-refractivity contribution in [3.63, 3.8) is 0 Å². The summed E-state index contributed by atoms with van der Waals surface area (Å²) in [6, 6.07) is 11.9. The first-order chi connectivity index (χ1) is 18.4. The molecule has 2 aromatic rings. The SMILES string of the molecule is C.C.C=O.CC.CC.CCCc1cc(C(N)=NC(C)c2ccc(CCC3CCCCC3C)c(CC)c2)ccc1F. The minimum Gasteiger partial charge on any atom is -0.383 e. The second-order valence-electron chi connectivity index (χ2n) is 9.69. The first kappa shape index (κ1) is 42.0.